The van der Waals surface area contributed by atoms with Gasteiger partial charge in [-0.2, -0.15) is 12.7 Å². The molecule has 6 nitrogen and oxygen atoms in total. The Labute approximate surface area is 125 Å². The Kier molecular flexibility index (Phi) is 4.44. The number of nitrogens with one attached hydrogen (secondary N) is 2. The predicted octanol–water partition coefficient (Wildman–Crippen LogP) is 0.927. The fourth-order valence-electron chi connectivity index (χ4n) is 2.24. The molecule has 2 aliphatic rings. The lowest BCUT2D eigenvalue weighted by Gasteiger charge is -2.26. The molecule has 1 saturated carbocycles. The number of hydrogen-bond donors (Lipinski definition) is 2. The van der Waals surface area contributed by atoms with Gasteiger partial charge in [-0.1, -0.05) is 12.1 Å². The van der Waals surface area contributed by atoms with Gasteiger partial charge in [0, 0.05) is 31.4 Å². The highest BCUT2D eigenvalue weighted by atomic mass is 32.2. The van der Waals surface area contributed by atoms with Crippen molar-refractivity contribution in [3.05, 3.63) is 29.8 Å². The Morgan fingerprint density at radius 2 is 1.81 bits per heavy atom. The van der Waals surface area contributed by atoms with Crippen molar-refractivity contribution in [1.82, 2.24) is 9.62 Å². The van der Waals surface area contributed by atoms with E-state index in [0.717, 1.165) is 12.1 Å². The van der Waals surface area contributed by atoms with Crippen LogP contribution in [-0.2, 0) is 21.5 Å². The smallest absolute Gasteiger partial charge is 0.301 e. The maximum Gasteiger partial charge on any atom is 0.301 e. The van der Waals surface area contributed by atoms with Gasteiger partial charge in [0.05, 0.1) is 13.2 Å². The second-order valence-corrected chi connectivity index (χ2v) is 7.14. The zero-order valence-electron chi connectivity index (χ0n) is 11.9. The van der Waals surface area contributed by atoms with Gasteiger partial charge in [0.15, 0.2) is 0 Å². The van der Waals surface area contributed by atoms with Crippen LogP contribution in [0.1, 0.15) is 18.4 Å². The van der Waals surface area contributed by atoms with E-state index in [1.807, 2.05) is 24.3 Å². The average molecular weight is 311 g/mol. The highest BCUT2D eigenvalue weighted by molar-refractivity contribution is 7.90. The van der Waals surface area contributed by atoms with Crippen LogP contribution >= 0.6 is 0 Å². The number of morpholine rings is 1. The molecule has 0 radical (unpaired) electrons. The molecule has 0 unspecified atom stereocenters. The lowest BCUT2D eigenvalue weighted by atomic mass is 10.2. The summed E-state index contributed by atoms with van der Waals surface area (Å²) < 4.78 is 33.6. The molecule has 1 aliphatic carbocycles. The first kappa shape index (κ1) is 14.8. The van der Waals surface area contributed by atoms with E-state index >= 15 is 0 Å². The first-order chi connectivity index (χ1) is 10.1. The van der Waals surface area contributed by atoms with Crippen molar-refractivity contribution in [2.45, 2.75) is 25.4 Å². The van der Waals surface area contributed by atoms with Crippen LogP contribution in [0.5, 0.6) is 0 Å². The zero-order valence-corrected chi connectivity index (χ0v) is 12.7. The van der Waals surface area contributed by atoms with Gasteiger partial charge in [-0.05, 0) is 30.5 Å². The number of ether oxygens (including phenoxy) is 1. The molecule has 21 heavy (non-hydrogen) atoms. The molecule has 1 aromatic rings. The van der Waals surface area contributed by atoms with Crippen molar-refractivity contribution in [3.8, 4) is 0 Å². The first-order valence-electron chi connectivity index (χ1n) is 7.31. The summed E-state index contributed by atoms with van der Waals surface area (Å²) in [5.74, 6) is 0. The maximum atomic E-state index is 12.2. The molecule has 1 aromatic carbocycles. The third kappa shape index (κ3) is 4.16. The molecule has 1 saturated heterocycles. The van der Waals surface area contributed by atoms with E-state index in [9.17, 15) is 8.42 Å². The normalized spacial score (nSPS) is 20.4. The standard InChI is InChI=1S/C14H21N3O3S/c18-21(19,17-7-9-20-10-8-17)16-14-3-1-12(2-4-14)11-15-13-5-6-13/h1-4,13,15-16H,5-11H2. The minimum atomic E-state index is -3.48. The molecule has 3 rings (SSSR count). The second-order valence-electron chi connectivity index (χ2n) is 5.47. The Morgan fingerprint density at radius 3 is 2.43 bits per heavy atom. The summed E-state index contributed by atoms with van der Waals surface area (Å²) in [6.07, 6.45) is 2.52. The van der Waals surface area contributed by atoms with Crippen molar-refractivity contribution < 1.29 is 13.2 Å². The molecule has 0 bridgehead atoms. The summed E-state index contributed by atoms with van der Waals surface area (Å²) >= 11 is 0. The molecule has 2 N–H and O–H groups in total. The van der Waals surface area contributed by atoms with Crippen LogP contribution in [-0.4, -0.2) is 45.1 Å². The van der Waals surface area contributed by atoms with Crippen LogP contribution in [0.25, 0.3) is 0 Å². The number of rotatable bonds is 6. The molecule has 0 amide bonds. The first-order valence-corrected chi connectivity index (χ1v) is 8.75. The minimum absolute atomic E-state index is 0.402. The van der Waals surface area contributed by atoms with Gasteiger partial charge in [-0.25, -0.2) is 0 Å². The summed E-state index contributed by atoms with van der Waals surface area (Å²) in [6, 6.07) is 8.19. The minimum Gasteiger partial charge on any atom is -0.379 e. The lowest BCUT2D eigenvalue weighted by Crippen LogP contribution is -2.43. The van der Waals surface area contributed by atoms with Gasteiger partial charge in [0.2, 0.25) is 0 Å². The van der Waals surface area contributed by atoms with Crippen molar-refractivity contribution in [1.29, 1.82) is 0 Å². The van der Waals surface area contributed by atoms with E-state index in [-0.39, 0.29) is 0 Å². The molecular weight excluding hydrogens is 290 g/mol. The molecule has 0 aromatic heterocycles. The Bertz CT molecular complexity index is 564. The van der Waals surface area contributed by atoms with Crippen molar-refractivity contribution >= 4 is 15.9 Å². The van der Waals surface area contributed by atoms with Crippen molar-refractivity contribution in [3.63, 3.8) is 0 Å². The largest absolute Gasteiger partial charge is 0.379 e. The highest BCUT2D eigenvalue weighted by Gasteiger charge is 2.24. The summed E-state index contributed by atoms with van der Waals surface area (Å²) in [6.45, 7) is 2.54. The van der Waals surface area contributed by atoms with E-state index < -0.39 is 10.2 Å². The summed E-state index contributed by atoms with van der Waals surface area (Å²) in [5, 5.41) is 3.43. The van der Waals surface area contributed by atoms with Crippen LogP contribution in [0.2, 0.25) is 0 Å². The Balaban J connectivity index is 1.58. The van der Waals surface area contributed by atoms with E-state index in [2.05, 4.69) is 10.0 Å². The van der Waals surface area contributed by atoms with Crippen LogP contribution < -0.4 is 10.0 Å². The molecular formula is C14H21N3O3S. The third-order valence-electron chi connectivity index (χ3n) is 3.68. The summed E-state index contributed by atoms with van der Waals surface area (Å²) in [7, 11) is -3.48. The van der Waals surface area contributed by atoms with Gasteiger partial charge in [0.25, 0.3) is 0 Å². The van der Waals surface area contributed by atoms with Gasteiger partial charge in [-0.3, -0.25) is 4.72 Å². The monoisotopic (exact) mass is 311 g/mol. The number of anilines is 1. The molecule has 0 atom stereocenters. The topological polar surface area (TPSA) is 70.7 Å². The van der Waals surface area contributed by atoms with Crippen LogP contribution in [0, 0.1) is 0 Å². The van der Waals surface area contributed by atoms with Gasteiger partial charge < -0.3 is 10.1 Å². The molecule has 2 fully saturated rings. The molecule has 7 heteroatoms. The highest BCUT2D eigenvalue weighted by Crippen LogP contribution is 2.20. The number of benzene rings is 1. The predicted molar refractivity (Wildman–Crippen MR) is 81.2 cm³/mol. The number of hydrogen-bond acceptors (Lipinski definition) is 4. The SMILES string of the molecule is O=S(=O)(Nc1ccc(CNC2CC2)cc1)N1CCOCC1. The van der Waals surface area contributed by atoms with Gasteiger partial charge >= 0.3 is 10.2 Å². The Hall–Kier alpha value is -1.15. The van der Waals surface area contributed by atoms with Gasteiger partial charge in [0.1, 0.15) is 0 Å². The number of nitrogens with zero attached hydrogens (tertiary/aromatic N) is 1. The summed E-state index contributed by atoms with van der Waals surface area (Å²) in [5.41, 5.74) is 1.76. The third-order valence-corrected chi connectivity index (χ3v) is 5.22. The molecule has 0 spiro atoms. The maximum absolute atomic E-state index is 12.2. The molecule has 116 valence electrons. The quantitative estimate of drug-likeness (QED) is 0.820. The molecule has 1 heterocycles. The van der Waals surface area contributed by atoms with E-state index in [0.29, 0.717) is 38.0 Å². The molecule has 1 aliphatic heterocycles. The van der Waals surface area contributed by atoms with Crippen LogP contribution in [0.4, 0.5) is 5.69 Å². The van der Waals surface area contributed by atoms with E-state index in [1.54, 1.807) is 0 Å². The van der Waals surface area contributed by atoms with E-state index in [1.165, 1.54) is 17.1 Å². The Morgan fingerprint density at radius 1 is 1.14 bits per heavy atom. The van der Waals surface area contributed by atoms with E-state index in [4.69, 9.17) is 4.74 Å². The van der Waals surface area contributed by atoms with Gasteiger partial charge in [-0.15, -0.1) is 0 Å². The van der Waals surface area contributed by atoms with Crippen LogP contribution in [0.15, 0.2) is 24.3 Å². The van der Waals surface area contributed by atoms with Crippen molar-refractivity contribution in [2.75, 3.05) is 31.0 Å². The lowest BCUT2D eigenvalue weighted by molar-refractivity contribution is 0.0733. The fraction of sp³-hybridized carbons (Fsp3) is 0.571. The van der Waals surface area contributed by atoms with Crippen molar-refractivity contribution in [2.24, 2.45) is 0 Å². The zero-order chi connectivity index (χ0) is 14.7. The second kappa shape index (κ2) is 6.31. The summed E-state index contributed by atoms with van der Waals surface area (Å²) in [4.78, 5) is 0. The average Bonchev–Trinajstić information content (AvgIpc) is 3.31. The fourth-order valence-corrected chi connectivity index (χ4v) is 3.43. The van der Waals surface area contributed by atoms with Crippen LogP contribution in [0.3, 0.4) is 0 Å².